The molecule has 2 N–H and O–H groups in total. The van der Waals surface area contributed by atoms with E-state index in [0.717, 1.165) is 0 Å². The Kier molecular flexibility index (Phi) is 4.99. The maximum Gasteiger partial charge on any atom is 0.337 e. The first-order valence-corrected chi connectivity index (χ1v) is 6.00. The van der Waals surface area contributed by atoms with E-state index in [-0.39, 0.29) is 12.0 Å². The molecule has 0 unspecified atom stereocenters. The molecule has 0 fully saturated rings. The normalized spacial score (nSPS) is 11.2. The molecule has 0 aliphatic carbocycles. The van der Waals surface area contributed by atoms with Crippen molar-refractivity contribution in [3.05, 3.63) is 28.8 Å². The molecule has 0 saturated heterocycles. The minimum absolute atomic E-state index is 0.0638. The fraction of sp³-hybridized carbons (Fsp3) is 0.462. The van der Waals surface area contributed by atoms with Gasteiger partial charge in [0.2, 0.25) is 0 Å². The van der Waals surface area contributed by atoms with Crippen molar-refractivity contribution < 1.29 is 14.6 Å². The molecule has 0 radical (unpaired) electrons. The number of hydrogen-bond acceptors (Lipinski definition) is 4. The van der Waals surface area contributed by atoms with Crippen LogP contribution in [0.5, 0.6) is 0 Å². The van der Waals surface area contributed by atoms with E-state index in [4.69, 9.17) is 11.6 Å². The van der Waals surface area contributed by atoms with Gasteiger partial charge in [-0.15, -0.1) is 0 Å². The molecular weight excluding hydrogens is 254 g/mol. The minimum Gasteiger partial charge on any atom is -0.465 e. The molecule has 1 aromatic rings. The Balaban J connectivity index is 2.85. The quantitative estimate of drug-likeness (QED) is 0.808. The average molecular weight is 272 g/mol. The van der Waals surface area contributed by atoms with Gasteiger partial charge in [-0.3, -0.25) is 0 Å². The molecule has 5 heteroatoms. The highest BCUT2D eigenvalue weighted by atomic mass is 35.5. The van der Waals surface area contributed by atoms with Crippen LogP contribution in [0.1, 0.15) is 24.2 Å². The molecule has 0 atom stereocenters. The average Bonchev–Trinajstić information content (AvgIpc) is 2.37. The number of ether oxygens (including phenoxy) is 1. The number of esters is 1. The first-order valence-electron chi connectivity index (χ1n) is 5.62. The predicted molar refractivity (Wildman–Crippen MR) is 72.1 cm³/mol. The molecule has 0 bridgehead atoms. The molecule has 0 aliphatic rings. The summed E-state index contributed by atoms with van der Waals surface area (Å²) < 4.78 is 4.65. The van der Waals surface area contributed by atoms with Crippen molar-refractivity contribution in [1.29, 1.82) is 0 Å². The summed E-state index contributed by atoms with van der Waals surface area (Å²) in [6.45, 7) is 4.47. The number of halogens is 1. The number of benzene rings is 1. The monoisotopic (exact) mass is 271 g/mol. The lowest BCUT2D eigenvalue weighted by atomic mass is 9.95. The molecule has 100 valence electrons. The molecule has 18 heavy (non-hydrogen) atoms. The minimum atomic E-state index is -0.406. The van der Waals surface area contributed by atoms with E-state index >= 15 is 0 Å². The highest BCUT2D eigenvalue weighted by Crippen LogP contribution is 2.25. The summed E-state index contributed by atoms with van der Waals surface area (Å²) in [5, 5.41) is 12.8. The lowest BCUT2D eigenvalue weighted by Gasteiger charge is -2.23. The van der Waals surface area contributed by atoms with E-state index < -0.39 is 5.97 Å². The fourth-order valence-electron chi connectivity index (χ4n) is 1.30. The Morgan fingerprint density at radius 2 is 2.17 bits per heavy atom. The molecule has 0 aromatic heterocycles. The number of aliphatic hydroxyl groups excluding tert-OH is 1. The van der Waals surface area contributed by atoms with Gasteiger partial charge >= 0.3 is 5.97 Å². The van der Waals surface area contributed by atoms with E-state index in [2.05, 4.69) is 10.1 Å². The fourth-order valence-corrected chi connectivity index (χ4v) is 1.48. The second-order valence-corrected chi connectivity index (χ2v) is 5.27. The third kappa shape index (κ3) is 3.89. The SMILES string of the molecule is COC(=O)c1ccc(Cl)c(NCC(C)(C)CO)c1. The lowest BCUT2D eigenvalue weighted by Crippen LogP contribution is -2.26. The van der Waals surface area contributed by atoms with Crippen LogP contribution in [-0.2, 0) is 4.74 Å². The van der Waals surface area contributed by atoms with E-state index in [1.807, 2.05) is 13.8 Å². The first kappa shape index (κ1) is 14.8. The number of carbonyl (C=O) groups excluding carboxylic acids is 1. The molecule has 0 heterocycles. The molecule has 0 amide bonds. The van der Waals surface area contributed by atoms with Gasteiger partial charge in [0.1, 0.15) is 0 Å². The predicted octanol–water partition coefficient (Wildman–Crippen LogP) is 2.56. The van der Waals surface area contributed by atoms with Gasteiger partial charge in [0.05, 0.1) is 23.4 Å². The second kappa shape index (κ2) is 6.07. The van der Waals surface area contributed by atoms with Crippen molar-refractivity contribution >= 4 is 23.3 Å². The number of anilines is 1. The summed E-state index contributed by atoms with van der Waals surface area (Å²) >= 11 is 6.04. The number of nitrogens with one attached hydrogen (secondary N) is 1. The summed E-state index contributed by atoms with van der Waals surface area (Å²) in [4.78, 5) is 11.4. The largest absolute Gasteiger partial charge is 0.465 e. The Bertz CT molecular complexity index is 432. The summed E-state index contributed by atoms with van der Waals surface area (Å²) in [6.07, 6.45) is 0. The highest BCUT2D eigenvalue weighted by Gasteiger charge is 2.17. The van der Waals surface area contributed by atoms with Gasteiger partial charge in [-0.05, 0) is 18.2 Å². The van der Waals surface area contributed by atoms with Gasteiger partial charge in [-0.2, -0.15) is 0 Å². The third-order valence-corrected chi connectivity index (χ3v) is 2.90. The zero-order valence-electron chi connectivity index (χ0n) is 10.8. The maximum absolute atomic E-state index is 11.4. The Morgan fingerprint density at radius 3 is 2.72 bits per heavy atom. The van der Waals surface area contributed by atoms with Crippen LogP contribution in [0.2, 0.25) is 5.02 Å². The van der Waals surface area contributed by atoms with Gasteiger partial charge in [0, 0.05) is 18.6 Å². The third-order valence-electron chi connectivity index (χ3n) is 2.57. The van der Waals surface area contributed by atoms with Crippen LogP contribution < -0.4 is 5.32 Å². The second-order valence-electron chi connectivity index (χ2n) is 4.86. The van der Waals surface area contributed by atoms with Crippen LogP contribution in [0.3, 0.4) is 0 Å². The van der Waals surface area contributed by atoms with E-state index in [1.54, 1.807) is 18.2 Å². The molecule has 1 aromatic carbocycles. The maximum atomic E-state index is 11.4. The zero-order chi connectivity index (χ0) is 13.8. The number of rotatable bonds is 5. The van der Waals surface area contributed by atoms with Gasteiger partial charge < -0.3 is 15.2 Å². The number of methoxy groups -OCH3 is 1. The summed E-state index contributed by atoms with van der Waals surface area (Å²) in [5.74, 6) is -0.406. The van der Waals surface area contributed by atoms with Crippen molar-refractivity contribution in [1.82, 2.24) is 0 Å². The van der Waals surface area contributed by atoms with Crippen LogP contribution >= 0.6 is 11.6 Å². The van der Waals surface area contributed by atoms with Crippen molar-refractivity contribution in [2.75, 3.05) is 25.6 Å². The Labute approximate surface area is 112 Å². The number of hydrogen-bond donors (Lipinski definition) is 2. The number of carbonyl (C=O) groups is 1. The van der Waals surface area contributed by atoms with Crippen LogP contribution in [0.15, 0.2) is 18.2 Å². The first-order chi connectivity index (χ1) is 8.39. The molecule has 0 aliphatic heterocycles. The van der Waals surface area contributed by atoms with Crippen LogP contribution in [0, 0.1) is 5.41 Å². The van der Waals surface area contributed by atoms with Gasteiger partial charge in [0.15, 0.2) is 0 Å². The zero-order valence-corrected chi connectivity index (χ0v) is 11.5. The Morgan fingerprint density at radius 1 is 1.50 bits per heavy atom. The van der Waals surface area contributed by atoms with Crippen LogP contribution in [0.25, 0.3) is 0 Å². The summed E-state index contributed by atoms with van der Waals surface area (Å²) in [5.41, 5.74) is 0.831. The van der Waals surface area contributed by atoms with Gasteiger partial charge in [-0.25, -0.2) is 4.79 Å². The van der Waals surface area contributed by atoms with E-state index in [1.165, 1.54) is 7.11 Å². The molecule has 1 rings (SSSR count). The molecule has 4 nitrogen and oxygen atoms in total. The summed E-state index contributed by atoms with van der Waals surface area (Å²) in [6, 6.07) is 4.89. The Hall–Kier alpha value is -1.26. The van der Waals surface area contributed by atoms with E-state index in [0.29, 0.717) is 22.8 Å². The standard InChI is InChI=1S/C13H18ClNO3/c1-13(2,8-16)7-15-11-6-9(12(17)18-3)4-5-10(11)14/h4-6,15-16H,7-8H2,1-3H3. The van der Waals surface area contributed by atoms with Crippen molar-refractivity contribution in [2.24, 2.45) is 5.41 Å². The van der Waals surface area contributed by atoms with Gasteiger partial charge in [0.25, 0.3) is 0 Å². The van der Waals surface area contributed by atoms with Crippen LogP contribution in [-0.4, -0.2) is 31.3 Å². The van der Waals surface area contributed by atoms with Gasteiger partial charge in [-0.1, -0.05) is 25.4 Å². The molecular formula is C13H18ClNO3. The topological polar surface area (TPSA) is 58.6 Å². The van der Waals surface area contributed by atoms with Crippen molar-refractivity contribution in [2.45, 2.75) is 13.8 Å². The van der Waals surface area contributed by atoms with E-state index in [9.17, 15) is 9.90 Å². The van der Waals surface area contributed by atoms with Crippen molar-refractivity contribution in [3.8, 4) is 0 Å². The smallest absolute Gasteiger partial charge is 0.337 e. The number of aliphatic hydroxyl groups is 1. The lowest BCUT2D eigenvalue weighted by molar-refractivity contribution is 0.0601. The van der Waals surface area contributed by atoms with Crippen molar-refractivity contribution in [3.63, 3.8) is 0 Å². The molecule has 0 spiro atoms. The summed E-state index contributed by atoms with van der Waals surface area (Å²) in [7, 11) is 1.33. The van der Waals surface area contributed by atoms with Crippen LogP contribution in [0.4, 0.5) is 5.69 Å². The molecule has 0 saturated carbocycles. The highest BCUT2D eigenvalue weighted by molar-refractivity contribution is 6.33.